The van der Waals surface area contributed by atoms with Gasteiger partial charge in [0.1, 0.15) is 5.82 Å². The molecule has 1 aliphatic rings. The first kappa shape index (κ1) is 13.4. The molecule has 0 aliphatic carbocycles. The fourth-order valence-electron chi connectivity index (χ4n) is 2.44. The zero-order valence-electron chi connectivity index (χ0n) is 11.6. The summed E-state index contributed by atoms with van der Waals surface area (Å²) >= 11 is 0. The van der Waals surface area contributed by atoms with Crippen LogP contribution in [0.4, 0.5) is 20.6 Å². The summed E-state index contributed by atoms with van der Waals surface area (Å²) in [4.78, 5) is 14.1. The van der Waals surface area contributed by atoms with Crippen molar-refractivity contribution in [1.82, 2.24) is 0 Å². The number of rotatable bonds is 1. The Bertz CT molecular complexity index is 724. The quantitative estimate of drug-likeness (QED) is 0.829. The highest BCUT2D eigenvalue weighted by atomic mass is 19.1. The lowest BCUT2D eigenvalue weighted by molar-refractivity contribution is 0.258. The van der Waals surface area contributed by atoms with Gasteiger partial charge in [-0.3, -0.25) is 4.90 Å². The van der Waals surface area contributed by atoms with Gasteiger partial charge in [0.05, 0.1) is 11.4 Å². The molecule has 0 saturated heterocycles. The van der Waals surface area contributed by atoms with Crippen LogP contribution in [0, 0.1) is 5.82 Å². The van der Waals surface area contributed by atoms with E-state index in [0.717, 1.165) is 23.4 Å². The highest BCUT2D eigenvalue weighted by Crippen LogP contribution is 2.30. The van der Waals surface area contributed by atoms with Crippen molar-refractivity contribution >= 4 is 17.4 Å². The molecule has 3 nitrogen and oxygen atoms in total. The van der Waals surface area contributed by atoms with Gasteiger partial charge in [-0.2, -0.15) is 0 Å². The summed E-state index contributed by atoms with van der Waals surface area (Å²) in [7, 11) is 0. The molecule has 2 amide bonds. The van der Waals surface area contributed by atoms with Gasteiger partial charge in [-0.1, -0.05) is 36.4 Å². The second-order valence-electron chi connectivity index (χ2n) is 4.92. The number of benzene rings is 2. The van der Waals surface area contributed by atoms with E-state index in [1.54, 1.807) is 23.1 Å². The first-order valence-corrected chi connectivity index (χ1v) is 6.77. The fraction of sp³-hybridized carbons (Fsp3) is 0.118. The van der Waals surface area contributed by atoms with Gasteiger partial charge < -0.3 is 5.32 Å². The van der Waals surface area contributed by atoms with E-state index < -0.39 is 5.82 Å². The van der Waals surface area contributed by atoms with Crippen molar-refractivity contribution in [3.05, 3.63) is 71.7 Å². The van der Waals surface area contributed by atoms with Crippen LogP contribution >= 0.6 is 0 Å². The van der Waals surface area contributed by atoms with Gasteiger partial charge in [-0.25, -0.2) is 9.18 Å². The number of fused-ring (bicyclic) bond motifs is 1. The third kappa shape index (κ3) is 2.52. The molecule has 106 valence electrons. The van der Waals surface area contributed by atoms with E-state index in [9.17, 15) is 9.18 Å². The Morgan fingerprint density at radius 1 is 1.14 bits per heavy atom. The molecule has 0 radical (unpaired) electrons. The number of carbonyl (C=O) groups excluding carboxylic acids is 1. The van der Waals surface area contributed by atoms with Crippen molar-refractivity contribution in [3.8, 4) is 0 Å². The van der Waals surface area contributed by atoms with Crippen molar-refractivity contribution in [2.75, 3.05) is 10.2 Å². The zero-order chi connectivity index (χ0) is 14.8. The molecule has 0 spiro atoms. The topological polar surface area (TPSA) is 32.3 Å². The average Bonchev–Trinajstić information content (AvgIpc) is 2.49. The predicted octanol–water partition coefficient (Wildman–Crippen LogP) is 4.32. The molecule has 3 rings (SSSR count). The highest BCUT2D eigenvalue weighted by Gasteiger charge is 2.23. The maximum Gasteiger partial charge on any atom is 0.330 e. The molecule has 1 heterocycles. The van der Waals surface area contributed by atoms with E-state index >= 15 is 0 Å². The fourth-order valence-corrected chi connectivity index (χ4v) is 2.44. The van der Waals surface area contributed by atoms with Crippen LogP contribution in [0.15, 0.2) is 60.3 Å². The molecule has 0 atom stereocenters. The number of nitrogens with one attached hydrogen (secondary N) is 1. The van der Waals surface area contributed by atoms with Crippen molar-refractivity contribution in [1.29, 1.82) is 0 Å². The van der Waals surface area contributed by atoms with Crippen LogP contribution < -0.4 is 10.2 Å². The minimum absolute atomic E-state index is 0.179. The molecule has 2 aromatic rings. The highest BCUT2D eigenvalue weighted by molar-refractivity contribution is 6.04. The Hall–Kier alpha value is -2.62. The van der Waals surface area contributed by atoms with Gasteiger partial charge in [0.25, 0.3) is 0 Å². The molecule has 0 aromatic heterocycles. The normalized spacial score (nSPS) is 13.4. The lowest BCUT2D eigenvalue weighted by Crippen LogP contribution is -2.35. The molecule has 1 aliphatic heterocycles. The Kier molecular flexibility index (Phi) is 3.44. The lowest BCUT2D eigenvalue weighted by atomic mass is 10.0. The molecule has 0 fully saturated rings. The summed E-state index contributed by atoms with van der Waals surface area (Å²) in [6.07, 6.45) is 2.79. The molecule has 2 aromatic carbocycles. The summed E-state index contributed by atoms with van der Waals surface area (Å²) in [6, 6.07) is 13.5. The summed E-state index contributed by atoms with van der Waals surface area (Å²) in [5.74, 6) is -0.447. The first-order chi connectivity index (χ1) is 10.2. The number of halogens is 1. The SMILES string of the molecule is CC1=CCc2ccccc2N1C(=O)Nc1ccccc1F. The Morgan fingerprint density at radius 2 is 1.86 bits per heavy atom. The number of urea groups is 1. The predicted molar refractivity (Wildman–Crippen MR) is 81.8 cm³/mol. The maximum absolute atomic E-state index is 13.7. The lowest BCUT2D eigenvalue weighted by Gasteiger charge is -2.29. The number of amides is 2. The number of hydrogen-bond donors (Lipinski definition) is 1. The smallest absolute Gasteiger partial charge is 0.304 e. The first-order valence-electron chi connectivity index (χ1n) is 6.77. The molecular formula is C17H15FN2O. The molecule has 0 bridgehead atoms. The van der Waals surface area contributed by atoms with E-state index in [-0.39, 0.29) is 11.7 Å². The number of hydrogen-bond acceptors (Lipinski definition) is 1. The summed E-state index contributed by atoms with van der Waals surface area (Å²) in [5.41, 5.74) is 2.93. The van der Waals surface area contributed by atoms with Crippen molar-refractivity contribution in [2.24, 2.45) is 0 Å². The van der Waals surface area contributed by atoms with Crippen LogP contribution in [0.3, 0.4) is 0 Å². The zero-order valence-corrected chi connectivity index (χ0v) is 11.6. The van der Waals surface area contributed by atoms with E-state index in [0.29, 0.717) is 0 Å². The van der Waals surface area contributed by atoms with Gasteiger partial charge in [0.15, 0.2) is 0 Å². The molecule has 0 saturated carbocycles. The van der Waals surface area contributed by atoms with E-state index in [1.807, 2.05) is 37.3 Å². The molecule has 21 heavy (non-hydrogen) atoms. The van der Waals surface area contributed by atoms with Crippen LogP contribution in [0.25, 0.3) is 0 Å². The van der Waals surface area contributed by atoms with Crippen LogP contribution in [-0.2, 0) is 6.42 Å². The average molecular weight is 282 g/mol. The van der Waals surface area contributed by atoms with E-state index in [1.165, 1.54) is 6.07 Å². The van der Waals surface area contributed by atoms with Crippen molar-refractivity contribution < 1.29 is 9.18 Å². The number of carbonyl (C=O) groups is 1. The Morgan fingerprint density at radius 3 is 2.67 bits per heavy atom. The minimum Gasteiger partial charge on any atom is -0.304 e. The summed E-state index contributed by atoms with van der Waals surface area (Å²) < 4.78 is 13.7. The number of anilines is 2. The third-order valence-electron chi connectivity index (χ3n) is 3.52. The molecular weight excluding hydrogens is 267 g/mol. The summed E-state index contributed by atoms with van der Waals surface area (Å²) in [5, 5.41) is 2.62. The van der Waals surface area contributed by atoms with E-state index in [2.05, 4.69) is 5.32 Å². The van der Waals surface area contributed by atoms with Crippen molar-refractivity contribution in [3.63, 3.8) is 0 Å². The standard InChI is InChI=1S/C17H15FN2O/c1-12-10-11-13-6-2-5-9-16(13)20(12)17(21)19-15-8-4-3-7-14(15)18/h2-10H,11H2,1H3,(H,19,21). The molecule has 4 heteroatoms. The van der Waals surface area contributed by atoms with Crippen LogP contribution in [0.5, 0.6) is 0 Å². The minimum atomic E-state index is -0.447. The summed E-state index contributed by atoms with van der Waals surface area (Å²) in [6.45, 7) is 1.87. The van der Waals surface area contributed by atoms with E-state index in [4.69, 9.17) is 0 Å². The Balaban J connectivity index is 1.92. The van der Waals surface area contributed by atoms with Gasteiger partial charge in [0, 0.05) is 5.70 Å². The number of allylic oxidation sites excluding steroid dienone is 2. The van der Waals surface area contributed by atoms with Crippen molar-refractivity contribution in [2.45, 2.75) is 13.3 Å². The van der Waals surface area contributed by atoms with Gasteiger partial charge in [-0.15, -0.1) is 0 Å². The van der Waals surface area contributed by atoms with Gasteiger partial charge in [0.2, 0.25) is 0 Å². The maximum atomic E-state index is 13.7. The molecule has 0 unspecified atom stereocenters. The largest absolute Gasteiger partial charge is 0.330 e. The number of para-hydroxylation sites is 2. The van der Waals surface area contributed by atoms with Gasteiger partial charge in [-0.05, 0) is 37.1 Å². The Labute approximate surface area is 122 Å². The van der Waals surface area contributed by atoms with Crippen LogP contribution in [0.2, 0.25) is 0 Å². The number of nitrogens with zero attached hydrogens (tertiary/aromatic N) is 1. The second-order valence-corrected chi connectivity index (χ2v) is 4.92. The molecule has 1 N–H and O–H groups in total. The third-order valence-corrected chi connectivity index (χ3v) is 3.52. The van der Waals surface area contributed by atoms with Crippen LogP contribution in [0.1, 0.15) is 12.5 Å². The second kappa shape index (κ2) is 5.40. The monoisotopic (exact) mass is 282 g/mol. The van der Waals surface area contributed by atoms with Crippen LogP contribution in [-0.4, -0.2) is 6.03 Å². The van der Waals surface area contributed by atoms with Gasteiger partial charge >= 0.3 is 6.03 Å².